The lowest BCUT2D eigenvalue weighted by Crippen LogP contribution is -2.01. The van der Waals surface area contributed by atoms with E-state index in [0.29, 0.717) is 17.2 Å². The Kier molecular flexibility index (Phi) is 8.41. The van der Waals surface area contributed by atoms with Gasteiger partial charge in [-0.25, -0.2) is 8.62 Å². The van der Waals surface area contributed by atoms with Crippen molar-refractivity contribution in [2.45, 2.75) is 0 Å². The van der Waals surface area contributed by atoms with Crippen LogP contribution in [0.25, 0.3) is 0 Å². The van der Waals surface area contributed by atoms with Crippen LogP contribution in [-0.2, 0) is 8.62 Å². The van der Waals surface area contributed by atoms with Crippen LogP contribution in [0.3, 0.4) is 0 Å². The number of hydrogen-bond acceptors (Lipinski definition) is 7. The highest BCUT2D eigenvalue weighted by Crippen LogP contribution is 2.59. The quantitative estimate of drug-likeness (QED) is 0.380. The van der Waals surface area contributed by atoms with Gasteiger partial charge in [0.1, 0.15) is 17.2 Å². The molecule has 0 heterocycles. The first-order valence-corrected chi connectivity index (χ1v) is 11.4. The zero-order valence-corrected chi connectivity index (χ0v) is 17.1. The molecular weight excluding hydrogens is 421 g/mol. The second kappa shape index (κ2) is 11.3. The summed E-state index contributed by atoms with van der Waals surface area (Å²) < 4.78 is 27.9. The van der Waals surface area contributed by atoms with Crippen molar-refractivity contribution >= 4 is 25.8 Å². The fraction of sp³-hybridized carbons (Fsp3) is 0. The topological polar surface area (TPSA) is 86.6 Å². The van der Waals surface area contributed by atoms with Gasteiger partial charge in [0.05, 0.1) is 0 Å². The maximum Gasteiger partial charge on any atom is 0.471 e. The molecule has 0 radical (unpaired) electrons. The van der Waals surface area contributed by atoms with Crippen molar-refractivity contribution in [1.82, 2.24) is 0 Å². The SMILES string of the molecule is OP(O)OP(Oc1ccccc1)OP(Oc1ccccc1)Oc1ccccc1. The summed E-state index contributed by atoms with van der Waals surface area (Å²) in [5.74, 6) is 1.49. The smallest absolute Gasteiger partial charge is 0.426 e. The van der Waals surface area contributed by atoms with Crippen LogP contribution in [0, 0.1) is 0 Å². The predicted molar refractivity (Wildman–Crippen MR) is 109 cm³/mol. The van der Waals surface area contributed by atoms with E-state index in [4.69, 9.17) is 22.2 Å². The molecule has 28 heavy (non-hydrogen) atoms. The molecule has 0 saturated carbocycles. The molecule has 1 unspecified atom stereocenters. The third-order valence-electron chi connectivity index (χ3n) is 3.04. The highest BCUT2D eigenvalue weighted by atomic mass is 31.3. The third-order valence-corrected chi connectivity index (χ3v) is 6.31. The Morgan fingerprint density at radius 2 is 0.821 bits per heavy atom. The molecule has 0 spiro atoms. The monoisotopic (exact) mass is 438 g/mol. The summed E-state index contributed by atoms with van der Waals surface area (Å²) in [4.78, 5) is 18.5. The fourth-order valence-corrected chi connectivity index (χ4v) is 4.67. The Morgan fingerprint density at radius 1 is 0.464 bits per heavy atom. The minimum absolute atomic E-state index is 0.444. The fourth-order valence-electron chi connectivity index (χ4n) is 1.92. The Balaban J connectivity index is 1.75. The van der Waals surface area contributed by atoms with Crippen LogP contribution in [0.15, 0.2) is 91.0 Å². The maximum absolute atomic E-state index is 9.27. The average Bonchev–Trinajstić information content (AvgIpc) is 2.70. The molecule has 0 amide bonds. The van der Waals surface area contributed by atoms with Gasteiger partial charge in [-0.3, -0.25) is 0 Å². The number of hydrogen-bond donors (Lipinski definition) is 2. The van der Waals surface area contributed by atoms with E-state index in [1.807, 2.05) is 42.5 Å². The summed E-state index contributed by atoms with van der Waals surface area (Å²) >= 11 is 0. The molecule has 0 aliphatic rings. The first kappa shape index (κ1) is 20.9. The summed E-state index contributed by atoms with van der Waals surface area (Å²) in [6, 6.07) is 26.7. The van der Waals surface area contributed by atoms with Crippen LogP contribution < -0.4 is 13.6 Å². The van der Waals surface area contributed by atoms with Gasteiger partial charge in [0.15, 0.2) is 0 Å². The lowest BCUT2D eigenvalue weighted by atomic mass is 10.3. The van der Waals surface area contributed by atoms with E-state index in [1.165, 1.54) is 0 Å². The average molecular weight is 438 g/mol. The molecule has 0 fully saturated rings. The second-order valence-electron chi connectivity index (χ2n) is 5.08. The molecule has 0 aromatic heterocycles. The Bertz CT molecular complexity index is 768. The van der Waals surface area contributed by atoms with E-state index in [9.17, 15) is 9.79 Å². The minimum Gasteiger partial charge on any atom is -0.426 e. The number of benzene rings is 3. The van der Waals surface area contributed by atoms with Gasteiger partial charge in [-0.1, -0.05) is 54.6 Å². The molecule has 3 rings (SSSR count). The third kappa shape index (κ3) is 7.31. The second-order valence-corrected chi connectivity index (χ2v) is 8.33. The highest BCUT2D eigenvalue weighted by molar-refractivity contribution is 7.61. The maximum atomic E-state index is 9.27. The summed E-state index contributed by atoms with van der Waals surface area (Å²) in [6.07, 6.45) is 0. The van der Waals surface area contributed by atoms with Crippen molar-refractivity contribution in [3.05, 3.63) is 91.0 Å². The van der Waals surface area contributed by atoms with Crippen molar-refractivity contribution < 1.29 is 32.0 Å². The lowest BCUT2D eigenvalue weighted by molar-refractivity contribution is 0.314. The molecule has 1 atom stereocenters. The minimum atomic E-state index is -2.71. The van der Waals surface area contributed by atoms with E-state index in [0.717, 1.165) is 0 Å². The zero-order valence-electron chi connectivity index (χ0n) is 14.4. The van der Waals surface area contributed by atoms with E-state index >= 15 is 0 Å². The Hall–Kier alpha value is -1.81. The first-order chi connectivity index (χ1) is 13.7. The van der Waals surface area contributed by atoms with E-state index < -0.39 is 25.8 Å². The van der Waals surface area contributed by atoms with Crippen LogP contribution in [0.4, 0.5) is 0 Å². The number of para-hydroxylation sites is 3. The molecule has 146 valence electrons. The Labute approximate surface area is 166 Å². The van der Waals surface area contributed by atoms with Gasteiger partial charge >= 0.3 is 25.8 Å². The molecule has 3 aromatic carbocycles. The van der Waals surface area contributed by atoms with Crippen molar-refractivity contribution in [2.75, 3.05) is 0 Å². The number of rotatable bonds is 10. The highest BCUT2D eigenvalue weighted by Gasteiger charge is 2.30. The van der Waals surface area contributed by atoms with Crippen LogP contribution in [0.2, 0.25) is 0 Å². The predicted octanol–water partition coefficient (Wildman–Crippen LogP) is 5.92. The summed E-state index contributed by atoms with van der Waals surface area (Å²) in [5.41, 5.74) is 0. The Morgan fingerprint density at radius 3 is 1.18 bits per heavy atom. The van der Waals surface area contributed by atoms with Crippen LogP contribution in [0.1, 0.15) is 0 Å². The molecule has 10 heteroatoms. The first-order valence-electron chi connectivity index (χ1n) is 8.02. The molecule has 0 aliphatic carbocycles. The van der Waals surface area contributed by atoms with Gasteiger partial charge in [0, 0.05) is 0 Å². The standard InChI is InChI=1S/C18H17O7P3/c19-26(20)24-28(23-18-14-8-3-9-15-18)25-27(21-16-10-4-1-5-11-16)22-17-12-6-2-7-13-17/h1-15,19-20H. The summed E-state index contributed by atoms with van der Waals surface area (Å²) in [7, 11) is -6.92. The molecular formula is C18H17O7P3. The van der Waals surface area contributed by atoms with Crippen molar-refractivity contribution in [3.63, 3.8) is 0 Å². The van der Waals surface area contributed by atoms with Gasteiger partial charge in [-0.15, -0.1) is 0 Å². The van der Waals surface area contributed by atoms with Crippen LogP contribution >= 0.6 is 25.8 Å². The normalized spacial score (nSPS) is 12.0. The van der Waals surface area contributed by atoms with Crippen molar-refractivity contribution in [2.24, 2.45) is 0 Å². The lowest BCUT2D eigenvalue weighted by Gasteiger charge is -2.22. The van der Waals surface area contributed by atoms with Crippen LogP contribution in [-0.4, -0.2) is 9.79 Å². The zero-order chi connectivity index (χ0) is 19.6. The molecule has 3 aromatic rings. The summed E-state index contributed by atoms with van der Waals surface area (Å²) in [6.45, 7) is 0. The van der Waals surface area contributed by atoms with Gasteiger partial charge in [0.2, 0.25) is 0 Å². The molecule has 0 saturated heterocycles. The van der Waals surface area contributed by atoms with Crippen LogP contribution in [0.5, 0.6) is 17.2 Å². The van der Waals surface area contributed by atoms with Crippen molar-refractivity contribution in [1.29, 1.82) is 0 Å². The van der Waals surface area contributed by atoms with Gasteiger partial charge in [-0.05, 0) is 36.4 Å². The van der Waals surface area contributed by atoms with Gasteiger partial charge < -0.3 is 23.4 Å². The largest absolute Gasteiger partial charge is 0.471 e. The van der Waals surface area contributed by atoms with E-state index in [2.05, 4.69) is 0 Å². The molecule has 0 aliphatic heterocycles. The van der Waals surface area contributed by atoms with E-state index in [1.54, 1.807) is 48.5 Å². The molecule has 0 bridgehead atoms. The molecule has 2 N–H and O–H groups in total. The van der Waals surface area contributed by atoms with Crippen molar-refractivity contribution in [3.8, 4) is 17.2 Å². The van der Waals surface area contributed by atoms with Gasteiger partial charge in [0.25, 0.3) is 0 Å². The van der Waals surface area contributed by atoms with Gasteiger partial charge in [-0.2, -0.15) is 0 Å². The van der Waals surface area contributed by atoms with E-state index in [-0.39, 0.29) is 0 Å². The summed E-state index contributed by atoms with van der Waals surface area (Å²) in [5, 5.41) is 0. The molecule has 7 nitrogen and oxygen atoms in total.